The highest BCUT2D eigenvalue weighted by molar-refractivity contribution is 5.64. The molecule has 0 nitrogen and oxygen atoms in total. The maximum atomic E-state index is 14.7. The Morgan fingerprint density at radius 2 is 1.64 bits per heavy atom. The molecular weight excluding hydrogens is 314 g/mol. The average Bonchev–Trinajstić information content (AvgIpc) is 2.61. The van der Waals surface area contributed by atoms with Gasteiger partial charge in [-0.2, -0.15) is 0 Å². The van der Waals surface area contributed by atoms with Crippen LogP contribution in [0.1, 0.15) is 56.9 Å². The zero-order valence-electron chi connectivity index (χ0n) is 14.8. The third-order valence-electron chi connectivity index (χ3n) is 6.48. The lowest BCUT2D eigenvalue weighted by Crippen LogP contribution is -2.29. The van der Waals surface area contributed by atoms with Crippen LogP contribution in [-0.4, -0.2) is 0 Å². The number of fused-ring (bicyclic) bond motifs is 1. The lowest BCUT2D eigenvalue weighted by Gasteiger charge is -2.41. The van der Waals surface area contributed by atoms with E-state index in [4.69, 9.17) is 0 Å². The van der Waals surface area contributed by atoms with Crippen LogP contribution in [0.3, 0.4) is 0 Å². The third kappa shape index (κ3) is 3.49. The Morgan fingerprint density at radius 3 is 2.44 bits per heavy atom. The first kappa shape index (κ1) is 16.8. The molecule has 4 unspecified atom stereocenters. The number of hydrogen-bond donors (Lipinski definition) is 0. The Morgan fingerprint density at radius 1 is 0.840 bits per heavy atom. The van der Waals surface area contributed by atoms with Gasteiger partial charge in [-0.1, -0.05) is 37.6 Å². The van der Waals surface area contributed by atoms with Gasteiger partial charge in [0.05, 0.1) is 0 Å². The molecule has 0 N–H and O–H groups in total. The van der Waals surface area contributed by atoms with Crippen LogP contribution in [-0.2, 0) is 0 Å². The Hall–Kier alpha value is -1.70. The summed E-state index contributed by atoms with van der Waals surface area (Å²) in [6.45, 7) is 2.38. The predicted octanol–water partition coefficient (Wildman–Crippen LogP) is 6.95. The van der Waals surface area contributed by atoms with Crippen molar-refractivity contribution in [2.45, 2.75) is 51.4 Å². The molecule has 4 rings (SSSR count). The van der Waals surface area contributed by atoms with Gasteiger partial charge >= 0.3 is 0 Å². The standard InChI is InChI=1S/C23H26F2/c1-15-5-6-17-12-18(8-7-16(17)11-15)19-9-10-22(23(25)14-19)20-3-2-4-21(24)13-20/h2-4,9-10,13-18H,5-8,11-12H2,1H3. The molecule has 2 fully saturated rings. The van der Waals surface area contributed by atoms with Crippen molar-refractivity contribution in [2.75, 3.05) is 0 Å². The van der Waals surface area contributed by atoms with Gasteiger partial charge in [0.1, 0.15) is 11.6 Å². The van der Waals surface area contributed by atoms with Crippen LogP contribution in [0.4, 0.5) is 8.78 Å². The maximum Gasteiger partial charge on any atom is 0.131 e. The summed E-state index contributed by atoms with van der Waals surface area (Å²) in [5.41, 5.74) is 2.21. The van der Waals surface area contributed by atoms with Crippen molar-refractivity contribution < 1.29 is 8.78 Å². The smallest absolute Gasteiger partial charge is 0.131 e. The first-order valence-corrected chi connectivity index (χ1v) is 9.65. The van der Waals surface area contributed by atoms with Gasteiger partial charge in [-0.3, -0.25) is 0 Å². The van der Waals surface area contributed by atoms with Gasteiger partial charge in [-0.15, -0.1) is 0 Å². The molecule has 0 saturated heterocycles. The fourth-order valence-electron chi connectivity index (χ4n) is 5.10. The highest BCUT2D eigenvalue weighted by Crippen LogP contribution is 2.47. The van der Waals surface area contributed by atoms with E-state index in [9.17, 15) is 8.78 Å². The van der Waals surface area contributed by atoms with Crippen LogP contribution in [0.15, 0.2) is 42.5 Å². The van der Waals surface area contributed by atoms with Crippen LogP contribution in [0.2, 0.25) is 0 Å². The Balaban J connectivity index is 1.53. The molecule has 2 saturated carbocycles. The molecule has 4 atom stereocenters. The SMILES string of the molecule is CC1CCC2CC(c3ccc(-c4cccc(F)c4)c(F)c3)CCC2C1. The van der Waals surface area contributed by atoms with Gasteiger partial charge in [0, 0.05) is 5.56 Å². The number of rotatable bonds is 2. The Kier molecular flexibility index (Phi) is 4.62. The van der Waals surface area contributed by atoms with Crippen LogP contribution >= 0.6 is 0 Å². The monoisotopic (exact) mass is 340 g/mol. The first-order chi connectivity index (χ1) is 12.1. The molecule has 2 aliphatic carbocycles. The lowest BCUT2D eigenvalue weighted by molar-refractivity contribution is 0.124. The molecule has 0 spiro atoms. The summed E-state index contributed by atoms with van der Waals surface area (Å²) in [5, 5.41) is 0. The van der Waals surface area contributed by atoms with E-state index in [0.717, 1.165) is 23.3 Å². The topological polar surface area (TPSA) is 0 Å². The summed E-state index contributed by atoms with van der Waals surface area (Å²) in [4.78, 5) is 0. The molecule has 0 aliphatic heterocycles. The average molecular weight is 340 g/mol. The van der Waals surface area contributed by atoms with E-state index in [1.54, 1.807) is 18.2 Å². The van der Waals surface area contributed by atoms with E-state index in [1.165, 1.54) is 50.7 Å². The summed E-state index contributed by atoms with van der Waals surface area (Å²) in [6.07, 6.45) is 7.73. The highest BCUT2D eigenvalue weighted by Gasteiger charge is 2.34. The van der Waals surface area contributed by atoms with Crippen molar-refractivity contribution in [3.63, 3.8) is 0 Å². The molecule has 0 heterocycles. The van der Waals surface area contributed by atoms with Crippen molar-refractivity contribution in [3.05, 3.63) is 59.7 Å². The summed E-state index contributed by atoms with van der Waals surface area (Å²) in [6, 6.07) is 11.7. The predicted molar refractivity (Wildman–Crippen MR) is 98.4 cm³/mol. The fraction of sp³-hybridized carbons (Fsp3) is 0.478. The van der Waals surface area contributed by atoms with Crippen molar-refractivity contribution in [2.24, 2.45) is 17.8 Å². The van der Waals surface area contributed by atoms with E-state index in [0.29, 0.717) is 17.0 Å². The molecule has 25 heavy (non-hydrogen) atoms. The van der Waals surface area contributed by atoms with Crippen molar-refractivity contribution in [3.8, 4) is 11.1 Å². The number of benzene rings is 2. The summed E-state index contributed by atoms with van der Waals surface area (Å²) >= 11 is 0. The van der Waals surface area contributed by atoms with E-state index in [1.807, 2.05) is 6.07 Å². The largest absolute Gasteiger partial charge is 0.207 e. The van der Waals surface area contributed by atoms with Crippen LogP contribution < -0.4 is 0 Å². The Bertz CT molecular complexity index is 752. The third-order valence-corrected chi connectivity index (χ3v) is 6.48. The zero-order valence-corrected chi connectivity index (χ0v) is 14.8. The van der Waals surface area contributed by atoms with Crippen LogP contribution in [0.5, 0.6) is 0 Å². The lowest BCUT2D eigenvalue weighted by atomic mass is 9.64. The van der Waals surface area contributed by atoms with Crippen molar-refractivity contribution in [1.82, 2.24) is 0 Å². The van der Waals surface area contributed by atoms with E-state index in [2.05, 4.69) is 13.0 Å². The minimum Gasteiger partial charge on any atom is -0.207 e. The molecule has 0 aromatic heterocycles. The summed E-state index contributed by atoms with van der Waals surface area (Å²) in [5.74, 6) is 2.50. The van der Waals surface area contributed by atoms with E-state index >= 15 is 0 Å². The van der Waals surface area contributed by atoms with Gasteiger partial charge in [0.15, 0.2) is 0 Å². The second-order valence-corrected chi connectivity index (χ2v) is 8.20. The second kappa shape index (κ2) is 6.90. The first-order valence-electron chi connectivity index (χ1n) is 9.65. The number of hydrogen-bond acceptors (Lipinski definition) is 0. The summed E-state index contributed by atoms with van der Waals surface area (Å²) < 4.78 is 28.1. The molecule has 0 amide bonds. The van der Waals surface area contributed by atoms with Gasteiger partial charge in [0.25, 0.3) is 0 Å². The Labute approximate surface area is 149 Å². The van der Waals surface area contributed by atoms with E-state index in [-0.39, 0.29) is 11.6 Å². The van der Waals surface area contributed by atoms with Gasteiger partial charge in [-0.05, 0) is 85.1 Å². The fourth-order valence-corrected chi connectivity index (χ4v) is 5.10. The molecular formula is C23H26F2. The molecule has 0 radical (unpaired) electrons. The molecule has 0 bridgehead atoms. The second-order valence-electron chi connectivity index (χ2n) is 8.20. The zero-order chi connectivity index (χ0) is 17.4. The maximum absolute atomic E-state index is 14.7. The van der Waals surface area contributed by atoms with Crippen molar-refractivity contribution >= 4 is 0 Å². The van der Waals surface area contributed by atoms with Crippen LogP contribution in [0.25, 0.3) is 11.1 Å². The molecule has 2 aromatic rings. The number of halogens is 2. The minimum absolute atomic E-state index is 0.234. The molecule has 132 valence electrons. The normalized spacial score (nSPS) is 29.2. The summed E-state index contributed by atoms with van der Waals surface area (Å²) in [7, 11) is 0. The van der Waals surface area contributed by atoms with E-state index < -0.39 is 0 Å². The quantitative estimate of drug-likeness (QED) is 0.555. The molecule has 2 aromatic carbocycles. The van der Waals surface area contributed by atoms with Gasteiger partial charge in [0.2, 0.25) is 0 Å². The van der Waals surface area contributed by atoms with Crippen LogP contribution in [0, 0.1) is 29.4 Å². The van der Waals surface area contributed by atoms with Crippen molar-refractivity contribution in [1.29, 1.82) is 0 Å². The molecule has 2 aliphatic rings. The van der Waals surface area contributed by atoms with Gasteiger partial charge < -0.3 is 0 Å². The van der Waals surface area contributed by atoms with Gasteiger partial charge in [-0.25, -0.2) is 8.78 Å². The molecule has 2 heteroatoms. The highest BCUT2D eigenvalue weighted by atomic mass is 19.1. The minimum atomic E-state index is -0.328.